The number of ether oxygens (including phenoxy) is 1. The van der Waals surface area contributed by atoms with E-state index in [1.165, 1.54) is 7.11 Å². The highest BCUT2D eigenvalue weighted by molar-refractivity contribution is 8.02. The molecule has 1 aliphatic carbocycles. The topological polar surface area (TPSA) is 64.1 Å². The number of aromatic nitrogens is 2. The van der Waals surface area contributed by atoms with E-state index in [-0.39, 0.29) is 5.97 Å². The average Bonchev–Trinajstić information content (AvgIpc) is 3.17. The van der Waals surface area contributed by atoms with Gasteiger partial charge < -0.3 is 4.74 Å². The molecule has 0 bridgehead atoms. The number of hydrogen-bond acceptors (Lipinski definition) is 8. The molecule has 21 heavy (non-hydrogen) atoms. The average molecular weight is 348 g/mol. The van der Waals surface area contributed by atoms with Crippen LogP contribution in [0.25, 0.3) is 0 Å². The first-order valence-corrected chi connectivity index (χ1v) is 9.96. The van der Waals surface area contributed by atoms with Crippen LogP contribution in [-0.2, 0) is 9.53 Å². The summed E-state index contributed by atoms with van der Waals surface area (Å²) in [6.45, 7) is 1.94. The molecule has 0 amide bonds. The summed E-state index contributed by atoms with van der Waals surface area (Å²) in [4.78, 5) is 12.0. The molecule has 1 N–H and O–H groups in total. The first-order chi connectivity index (χ1) is 10.1. The standard InChI is InChI=1S/C13H21N3O2S3/c1-13(10(17)18-2,14-9-5-6-9)7-4-8-20-12-16-15-11(19-3)21-12/h9,14H,4-8H2,1-3H3. The van der Waals surface area contributed by atoms with Crippen LogP contribution in [0.4, 0.5) is 0 Å². The highest BCUT2D eigenvalue weighted by Crippen LogP contribution is 2.30. The number of nitrogens with zero attached hydrogens (tertiary/aromatic N) is 2. The Bertz CT molecular complexity index is 479. The Balaban J connectivity index is 1.77. The van der Waals surface area contributed by atoms with Gasteiger partial charge in [-0.25, -0.2) is 0 Å². The zero-order valence-corrected chi connectivity index (χ0v) is 15.0. The van der Waals surface area contributed by atoms with Gasteiger partial charge in [0.25, 0.3) is 0 Å². The first kappa shape index (κ1) is 17.1. The summed E-state index contributed by atoms with van der Waals surface area (Å²) in [5, 5.41) is 11.6. The molecular formula is C13H21N3O2S3. The lowest BCUT2D eigenvalue weighted by molar-refractivity contribution is -0.148. The van der Waals surface area contributed by atoms with Crippen molar-refractivity contribution in [1.82, 2.24) is 15.5 Å². The largest absolute Gasteiger partial charge is 0.468 e. The van der Waals surface area contributed by atoms with Gasteiger partial charge in [0.15, 0.2) is 8.68 Å². The number of carbonyl (C=O) groups is 1. The summed E-state index contributed by atoms with van der Waals surface area (Å²) in [6.07, 6.45) is 6.02. The molecule has 1 fully saturated rings. The lowest BCUT2D eigenvalue weighted by atomic mass is 9.96. The van der Waals surface area contributed by atoms with Crippen LogP contribution in [0.3, 0.4) is 0 Å². The minimum atomic E-state index is -0.567. The maximum absolute atomic E-state index is 12.0. The third-order valence-electron chi connectivity index (χ3n) is 3.35. The maximum atomic E-state index is 12.0. The summed E-state index contributed by atoms with van der Waals surface area (Å²) < 4.78 is 6.93. The SMILES string of the molecule is COC(=O)C(C)(CCCSc1nnc(SC)s1)NC1CC1. The van der Waals surface area contributed by atoms with Crippen LogP contribution in [-0.4, -0.2) is 46.9 Å². The minimum Gasteiger partial charge on any atom is -0.468 e. The van der Waals surface area contributed by atoms with Crippen molar-refractivity contribution in [2.24, 2.45) is 0 Å². The van der Waals surface area contributed by atoms with Crippen LogP contribution in [0.15, 0.2) is 8.68 Å². The number of nitrogens with one attached hydrogen (secondary N) is 1. The number of carbonyl (C=O) groups excluding carboxylic acids is 1. The van der Waals surface area contributed by atoms with Gasteiger partial charge in [0.05, 0.1) is 7.11 Å². The molecule has 1 aliphatic rings. The Morgan fingerprint density at radius 3 is 2.76 bits per heavy atom. The van der Waals surface area contributed by atoms with E-state index in [2.05, 4.69) is 15.5 Å². The summed E-state index contributed by atoms with van der Waals surface area (Å²) in [5.41, 5.74) is -0.567. The highest BCUT2D eigenvalue weighted by atomic mass is 32.2. The van der Waals surface area contributed by atoms with Gasteiger partial charge in [0.1, 0.15) is 5.54 Å². The molecule has 0 aromatic carbocycles. The second-order valence-electron chi connectivity index (χ2n) is 5.23. The normalized spacial score (nSPS) is 17.5. The molecule has 5 nitrogen and oxygen atoms in total. The fourth-order valence-corrected chi connectivity index (χ4v) is 4.51. The number of methoxy groups -OCH3 is 1. The molecular weight excluding hydrogens is 326 g/mol. The van der Waals surface area contributed by atoms with Gasteiger partial charge in [0, 0.05) is 11.8 Å². The van der Waals surface area contributed by atoms with Gasteiger partial charge in [-0.3, -0.25) is 10.1 Å². The summed E-state index contributed by atoms with van der Waals surface area (Å²) in [5.74, 6) is 0.766. The van der Waals surface area contributed by atoms with Crippen molar-refractivity contribution in [3.8, 4) is 0 Å². The Hall–Kier alpha value is -0.310. The molecule has 8 heteroatoms. The Morgan fingerprint density at radius 1 is 1.48 bits per heavy atom. The van der Waals surface area contributed by atoms with Gasteiger partial charge in [0.2, 0.25) is 0 Å². The lowest BCUT2D eigenvalue weighted by Crippen LogP contribution is -2.51. The highest BCUT2D eigenvalue weighted by Gasteiger charge is 2.38. The monoisotopic (exact) mass is 347 g/mol. The zero-order chi connectivity index (χ0) is 15.3. The van der Waals surface area contributed by atoms with Crippen molar-refractivity contribution in [3.63, 3.8) is 0 Å². The molecule has 1 heterocycles. The molecule has 0 saturated heterocycles. The van der Waals surface area contributed by atoms with Crippen LogP contribution in [0.5, 0.6) is 0 Å². The third kappa shape index (κ3) is 5.12. The van der Waals surface area contributed by atoms with E-state index in [0.29, 0.717) is 6.04 Å². The molecule has 118 valence electrons. The van der Waals surface area contributed by atoms with Crippen molar-refractivity contribution in [2.45, 2.75) is 52.9 Å². The summed E-state index contributed by atoms with van der Waals surface area (Å²) >= 11 is 4.94. The van der Waals surface area contributed by atoms with E-state index in [1.807, 2.05) is 13.2 Å². The summed E-state index contributed by atoms with van der Waals surface area (Å²) in [7, 11) is 1.45. The first-order valence-electron chi connectivity index (χ1n) is 6.94. The number of esters is 1. The van der Waals surface area contributed by atoms with Crippen molar-refractivity contribution in [1.29, 1.82) is 0 Å². The molecule has 1 unspecified atom stereocenters. The van der Waals surface area contributed by atoms with E-state index in [1.54, 1.807) is 34.9 Å². The Morgan fingerprint density at radius 2 is 2.19 bits per heavy atom. The minimum absolute atomic E-state index is 0.167. The van der Waals surface area contributed by atoms with Crippen molar-refractivity contribution in [3.05, 3.63) is 0 Å². The van der Waals surface area contributed by atoms with Crippen molar-refractivity contribution in [2.75, 3.05) is 19.1 Å². The predicted molar refractivity (Wildman–Crippen MR) is 88.2 cm³/mol. The molecule has 2 rings (SSSR count). The van der Waals surface area contributed by atoms with Gasteiger partial charge >= 0.3 is 5.97 Å². The molecule has 0 spiro atoms. The van der Waals surface area contributed by atoms with E-state index in [0.717, 1.165) is 40.1 Å². The number of thioether (sulfide) groups is 2. The zero-order valence-electron chi connectivity index (χ0n) is 12.5. The molecule has 1 aromatic rings. The molecule has 0 radical (unpaired) electrons. The van der Waals surface area contributed by atoms with Crippen molar-refractivity contribution >= 4 is 40.8 Å². The Labute approximate surface area is 138 Å². The quantitative estimate of drug-likeness (QED) is 0.418. The number of hydrogen-bond donors (Lipinski definition) is 1. The second kappa shape index (κ2) is 7.80. The van der Waals surface area contributed by atoms with Crippen LogP contribution >= 0.6 is 34.9 Å². The van der Waals surface area contributed by atoms with E-state index < -0.39 is 5.54 Å². The van der Waals surface area contributed by atoms with Gasteiger partial charge in [-0.2, -0.15) is 0 Å². The molecule has 1 aromatic heterocycles. The van der Waals surface area contributed by atoms with E-state index in [9.17, 15) is 4.79 Å². The number of rotatable bonds is 9. The predicted octanol–water partition coefficient (Wildman–Crippen LogP) is 2.82. The summed E-state index contributed by atoms with van der Waals surface area (Å²) in [6, 6.07) is 0.481. The second-order valence-corrected chi connectivity index (χ2v) is 8.61. The van der Waals surface area contributed by atoms with Gasteiger partial charge in [-0.15, -0.1) is 10.2 Å². The van der Waals surface area contributed by atoms with Crippen LogP contribution in [0.2, 0.25) is 0 Å². The van der Waals surface area contributed by atoms with E-state index >= 15 is 0 Å². The third-order valence-corrected chi connectivity index (χ3v) is 6.46. The maximum Gasteiger partial charge on any atom is 0.325 e. The fourth-order valence-electron chi connectivity index (χ4n) is 2.06. The van der Waals surface area contributed by atoms with E-state index in [4.69, 9.17) is 4.74 Å². The smallest absolute Gasteiger partial charge is 0.325 e. The van der Waals surface area contributed by atoms with Crippen molar-refractivity contribution < 1.29 is 9.53 Å². The lowest BCUT2D eigenvalue weighted by Gasteiger charge is -2.28. The fraction of sp³-hybridized carbons (Fsp3) is 0.769. The molecule has 0 aliphatic heterocycles. The Kier molecular flexibility index (Phi) is 6.34. The van der Waals surface area contributed by atoms with Gasteiger partial charge in [-0.05, 0) is 38.9 Å². The van der Waals surface area contributed by atoms with Crippen LogP contribution in [0, 0.1) is 0 Å². The van der Waals surface area contributed by atoms with Crippen LogP contribution in [0.1, 0.15) is 32.6 Å². The van der Waals surface area contributed by atoms with Gasteiger partial charge in [-0.1, -0.05) is 34.9 Å². The molecule has 1 atom stereocenters. The molecule has 1 saturated carbocycles. The van der Waals surface area contributed by atoms with Crippen LogP contribution < -0.4 is 5.32 Å².